The first-order valence-electron chi connectivity index (χ1n) is 7.02. The van der Waals surface area contributed by atoms with E-state index in [4.69, 9.17) is 10.1 Å². The molecule has 0 aliphatic carbocycles. The number of hydrogen-bond acceptors (Lipinski definition) is 4. The van der Waals surface area contributed by atoms with Crippen LogP contribution in [-0.4, -0.2) is 24.3 Å². The zero-order valence-corrected chi connectivity index (χ0v) is 14.1. The predicted molar refractivity (Wildman–Crippen MR) is 94.0 cm³/mol. The topological polar surface area (TPSA) is 60.8 Å². The summed E-state index contributed by atoms with van der Waals surface area (Å²) in [5.74, 6) is -0.255. The molecule has 3 rings (SSSR count). The van der Waals surface area contributed by atoms with Crippen LogP contribution in [0.5, 0.6) is 0 Å². The number of hydrogen-bond donors (Lipinski definition) is 2. The molecule has 7 heteroatoms. The van der Waals surface area contributed by atoms with E-state index in [2.05, 4.69) is 10.3 Å². The lowest BCUT2D eigenvalue weighted by Gasteiger charge is -2.14. The van der Waals surface area contributed by atoms with Gasteiger partial charge in [-0.25, -0.2) is 9.38 Å². The number of nitrogens with one attached hydrogen (secondary N) is 2. The molecule has 1 saturated heterocycles. The van der Waals surface area contributed by atoms with Crippen LogP contribution >= 0.6 is 23.1 Å². The van der Waals surface area contributed by atoms with Crippen LogP contribution in [0.4, 0.5) is 4.39 Å². The van der Waals surface area contributed by atoms with Gasteiger partial charge in [0, 0.05) is 10.4 Å². The fourth-order valence-corrected chi connectivity index (χ4v) is 3.81. The summed E-state index contributed by atoms with van der Waals surface area (Å²) in [6.07, 6.45) is 2.56. The maximum absolute atomic E-state index is 14.1. The van der Waals surface area contributed by atoms with Crippen molar-refractivity contribution in [2.75, 3.05) is 12.8 Å². The van der Waals surface area contributed by atoms with Crippen molar-refractivity contribution in [3.05, 3.63) is 58.0 Å². The third-order valence-corrected chi connectivity index (χ3v) is 5.36. The molecule has 1 aromatic heterocycles. The SMILES string of the molecule is CS/C(=N/C=N)NC[C@]1(c2cccs2)O[C@@H]1c1ccccc1F. The molecule has 2 atom stereocenters. The number of ether oxygens (including phenoxy) is 1. The molecule has 1 fully saturated rings. The van der Waals surface area contributed by atoms with E-state index in [1.54, 1.807) is 23.5 Å². The zero-order chi connectivity index (χ0) is 16.3. The fraction of sp³-hybridized carbons (Fsp3) is 0.250. The van der Waals surface area contributed by atoms with Gasteiger partial charge in [0.1, 0.15) is 18.3 Å². The molecule has 120 valence electrons. The number of benzene rings is 1. The van der Waals surface area contributed by atoms with Gasteiger partial charge in [0.2, 0.25) is 0 Å². The molecule has 1 aliphatic heterocycles. The maximum Gasteiger partial charge on any atom is 0.162 e. The highest BCUT2D eigenvalue weighted by Crippen LogP contribution is 2.58. The van der Waals surface area contributed by atoms with Gasteiger partial charge < -0.3 is 10.1 Å². The molecule has 4 nitrogen and oxygen atoms in total. The highest BCUT2D eigenvalue weighted by atomic mass is 32.2. The van der Waals surface area contributed by atoms with E-state index in [-0.39, 0.29) is 11.9 Å². The van der Waals surface area contributed by atoms with Gasteiger partial charge in [0.15, 0.2) is 10.8 Å². The lowest BCUT2D eigenvalue weighted by atomic mass is 9.97. The normalized spacial score (nSPS) is 23.6. The minimum absolute atomic E-state index is 0.255. The van der Waals surface area contributed by atoms with Crippen molar-refractivity contribution in [2.24, 2.45) is 4.99 Å². The second-order valence-electron chi connectivity index (χ2n) is 5.01. The van der Waals surface area contributed by atoms with E-state index < -0.39 is 5.60 Å². The first-order valence-corrected chi connectivity index (χ1v) is 9.12. The van der Waals surface area contributed by atoms with E-state index in [9.17, 15) is 4.39 Å². The number of epoxide rings is 1. The number of nitrogens with zero attached hydrogens (tertiary/aromatic N) is 1. The average Bonchev–Trinajstić information content (AvgIpc) is 3.03. The van der Waals surface area contributed by atoms with Crippen molar-refractivity contribution in [3.63, 3.8) is 0 Å². The van der Waals surface area contributed by atoms with Gasteiger partial charge in [-0.3, -0.25) is 5.41 Å². The van der Waals surface area contributed by atoms with Gasteiger partial charge in [-0.05, 0) is 23.8 Å². The summed E-state index contributed by atoms with van der Waals surface area (Å²) in [5.41, 5.74) is -0.0214. The van der Waals surface area contributed by atoms with Gasteiger partial charge in [0.25, 0.3) is 0 Å². The molecule has 0 bridgehead atoms. The van der Waals surface area contributed by atoms with Gasteiger partial charge in [-0.15, -0.1) is 11.3 Å². The van der Waals surface area contributed by atoms with Crippen molar-refractivity contribution in [1.82, 2.24) is 5.32 Å². The Morgan fingerprint density at radius 3 is 2.96 bits per heavy atom. The number of thiophene rings is 1. The van der Waals surface area contributed by atoms with Crippen molar-refractivity contribution in [2.45, 2.75) is 11.7 Å². The Hall–Kier alpha value is -1.70. The molecular weight excluding hydrogens is 333 g/mol. The minimum Gasteiger partial charge on any atom is -0.361 e. The second kappa shape index (κ2) is 6.82. The standard InChI is InChI=1S/C16H16FN3OS2/c1-22-15(20-10-18)19-9-16(13-7-4-8-23-13)14(21-16)11-5-2-3-6-12(11)17/h2-8,10,14H,9H2,1H3,(H2,18,19,20)/t14-,16-/m1/s1. The first kappa shape index (κ1) is 16.2. The third-order valence-electron chi connectivity index (χ3n) is 3.70. The van der Waals surface area contributed by atoms with Crippen molar-refractivity contribution in [1.29, 1.82) is 5.41 Å². The van der Waals surface area contributed by atoms with Gasteiger partial charge in [0.05, 0.1) is 6.54 Å². The van der Waals surface area contributed by atoms with Crippen LogP contribution in [0.2, 0.25) is 0 Å². The summed E-state index contributed by atoms with van der Waals surface area (Å²) < 4.78 is 20.1. The Morgan fingerprint density at radius 2 is 2.30 bits per heavy atom. The Labute approximate surface area is 142 Å². The number of rotatable bonds is 5. The number of aliphatic imine (C=N–C) groups is 1. The molecule has 1 aromatic carbocycles. The average molecular weight is 349 g/mol. The summed E-state index contributed by atoms with van der Waals surface area (Å²) >= 11 is 3.01. The largest absolute Gasteiger partial charge is 0.361 e. The van der Waals surface area contributed by atoms with Crippen LogP contribution in [-0.2, 0) is 10.3 Å². The van der Waals surface area contributed by atoms with Gasteiger partial charge >= 0.3 is 0 Å². The molecule has 23 heavy (non-hydrogen) atoms. The van der Waals surface area contributed by atoms with E-state index in [0.717, 1.165) is 11.2 Å². The third kappa shape index (κ3) is 3.17. The predicted octanol–water partition coefficient (Wildman–Crippen LogP) is 3.77. The Bertz CT molecular complexity index is 720. The van der Waals surface area contributed by atoms with E-state index in [1.807, 2.05) is 29.8 Å². The van der Waals surface area contributed by atoms with Crippen molar-refractivity contribution >= 4 is 34.6 Å². The fourth-order valence-electron chi connectivity index (χ4n) is 2.54. The zero-order valence-electron chi connectivity index (χ0n) is 12.5. The highest BCUT2D eigenvalue weighted by molar-refractivity contribution is 8.13. The Balaban J connectivity index is 1.86. The van der Waals surface area contributed by atoms with E-state index >= 15 is 0 Å². The van der Waals surface area contributed by atoms with Crippen LogP contribution in [0.25, 0.3) is 0 Å². The van der Waals surface area contributed by atoms with Crippen molar-refractivity contribution in [3.8, 4) is 0 Å². The van der Waals surface area contributed by atoms with Crippen LogP contribution in [0.1, 0.15) is 16.5 Å². The van der Waals surface area contributed by atoms with Crippen LogP contribution in [0.3, 0.4) is 0 Å². The Morgan fingerprint density at radius 1 is 1.48 bits per heavy atom. The lowest BCUT2D eigenvalue weighted by molar-refractivity contribution is 0.298. The Kier molecular flexibility index (Phi) is 4.79. The monoisotopic (exact) mass is 349 g/mol. The van der Waals surface area contributed by atoms with Crippen LogP contribution < -0.4 is 5.32 Å². The molecule has 2 heterocycles. The number of halogens is 1. The first-order chi connectivity index (χ1) is 11.2. The van der Waals surface area contributed by atoms with Crippen LogP contribution in [0.15, 0.2) is 46.8 Å². The number of thioether (sulfide) groups is 1. The molecule has 2 N–H and O–H groups in total. The molecule has 0 saturated carbocycles. The molecule has 2 aromatic rings. The summed E-state index contributed by atoms with van der Waals surface area (Å²) in [4.78, 5) is 5.00. The second-order valence-corrected chi connectivity index (χ2v) is 6.75. The van der Waals surface area contributed by atoms with Crippen molar-refractivity contribution < 1.29 is 9.13 Å². The highest BCUT2D eigenvalue weighted by Gasteiger charge is 2.60. The quantitative estimate of drug-likeness (QED) is 0.491. The minimum atomic E-state index is -0.588. The summed E-state index contributed by atoms with van der Waals surface area (Å²) in [6, 6.07) is 10.7. The van der Waals surface area contributed by atoms with Gasteiger partial charge in [-0.1, -0.05) is 36.0 Å². The maximum atomic E-state index is 14.1. The van der Waals surface area contributed by atoms with Gasteiger partial charge in [-0.2, -0.15) is 0 Å². The van der Waals surface area contributed by atoms with Crippen LogP contribution in [0, 0.1) is 11.2 Å². The van der Waals surface area contributed by atoms with E-state index in [0.29, 0.717) is 17.3 Å². The molecular formula is C16H16FN3OS2. The molecule has 1 aliphatic rings. The molecule has 0 amide bonds. The number of amidine groups is 1. The molecule has 0 radical (unpaired) electrons. The summed E-state index contributed by atoms with van der Waals surface area (Å²) in [7, 11) is 0. The van der Waals surface area contributed by atoms with E-state index in [1.165, 1.54) is 17.8 Å². The molecule has 0 spiro atoms. The lowest BCUT2D eigenvalue weighted by Crippen LogP contribution is -2.31. The smallest absolute Gasteiger partial charge is 0.162 e. The molecule has 0 unspecified atom stereocenters. The summed E-state index contributed by atoms with van der Waals surface area (Å²) in [6.45, 7) is 0.472. The summed E-state index contributed by atoms with van der Waals surface area (Å²) in [5, 5.41) is 12.9.